The number of phenols is 2. The Morgan fingerprint density at radius 2 is 1.11 bits per heavy atom. The number of phenolic OH excluding ortho intramolecular Hbond substituents is 2. The van der Waals surface area contributed by atoms with Gasteiger partial charge in [-0.3, -0.25) is 0 Å². The summed E-state index contributed by atoms with van der Waals surface area (Å²) in [6.45, 7) is 10.2. The molecule has 0 amide bonds. The van der Waals surface area contributed by atoms with Crippen LogP contribution in [0.25, 0.3) is 0 Å². The van der Waals surface area contributed by atoms with Crippen LogP contribution in [0.2, 0.25) is 0 Å². The summed E-state index contributed by atoms with van der Waals surface area (Å²) in [5.74, 6) is 0.763. The number of hydrogen-bond acceptors (Lipinski definition) is 4. The van der Waals surface area contributed by atoms with Crippen molar-refractivity contribution >= 4 is 0 Å². The lowest BCUT2D eigenvalue weighted by Gasteiger charge is -2.31. The molecule has 0 aliphatic carbocycles. The molecule has 0 aliphatic rings. The van der Waals surface area contributed by atoms with Crippen LogP contribution in [0.15, 0.2) is 24.3 Å². The Hall–Kier alpha value is -2.04. The van der Waals surface area contributed by atoms with Crippen molar-refractivity contribution in [2.75, 3.05) is 13.2 Å². The van der Waals surface area contributed by atoms with E-state index < -0.39 is 0 Å². The number of benzene rings is 2. The topological polar surface area (TPSA) is 80.9 Å². The van der Waals surface area contributed by atoms with Crippen LogP contribution in [0.1, 0.15) is 60.1 Å². The third-order valence-corrected chi connectivity index (χ3v) is 5.83. The quantitative estimate of drug-likeness (QED) is 0.548. The highest BCUT2D eigenvalue weighted by Crippen LogP contribution is 2.45. The maximum absolute atomic E-state index is 10.9. The summed E-state index contributed by atoms with van der Waals surface area (Å²) in [4.78, 5) is 0. The third-order valence-electron chi connectivity index (χ3n) is 5.83. The Labute approximate surface area is 168 Å². The molecule has 0 spiro atoms. The molecule has 2 aromatic rings. The predicted octanol–water partition coefficient (Wildman–Crippen LogP) is 4.21. The molecule has 0 aliphatic heterocycles. The number of hydrogen-bond donors (Lipinski definition) is 4. The van der Waals surface area contributed by atoms with Crippen molar-refractivity contribution in [2.45, 2.75) is 53.4 Å². The van der Waals surface area contributed by atoms with Crippen molar-refractivity contribution < 1.29 is 20.4 Å². The molecule has 0 heterocycles. The van der Waals surface area contributed by atoms with Gasteiger partial charge in [0.25, 0.3) is 0 Å². The molecule has 1 unspecified atom stereocenters. The van der Waals surface area contributed by atoms with Crippen LogP contribution in [0.3, 0.4) is 0 Å². The molecule has 2 aromatic carbocycles. The predicted molar refractivity (Wildman–Crippen MR) is 113 cm³/mol. The van der Waals surface area contributed by atoms with Crippen molar-refractivity contribution in [1.82, 2.24) is 0 Å². The molecule has 4 nitrogen and oxygen atoms in total. The van der Waals surface area contributed by atoms with Crippen LogP contribution in [0.5, 0.6) is 11.5 Å². The molecule has 0 saturated heterocycles. The molecular weight excluding hydrogens is 352 g/mol. The van der Waals surface area contributed by atoms with Crippen LogP contribution in [0.4, 0.5) is 0 Å². The second-order valence-corrected chi connectivity index (χ2v) is 8.23. The fraction of sp³-hybridized carbons (Fsp3) is 0.500. The number of aryl methyl sites for hydroxylation is 2. The van der Waals surface area contributed by atoms with Crippen molar-refractivity contribution in [3.63, 3.8) is 0 Å². The summed E-state index contributed by atoms with van der Waals surface area (Å²) in [5.41, 5.74) is 5.03. The molecular formula is C24H34O4. The molecule has 0 fully saturated rings. The average Bonchev–Trinajstić information content (AvgIpc) is 2.63. The van der Waals surface area contributed by atoms with Crippen LogP contribution in [0, 0.1) is 25.7 Å². The van der Waals surface area contributed by atoms with E-state index in [9.17, 15) is 20.4 Å². The third kappa shape index (κ3) is 4.68. The zero-order valence-corrected chi connectivity index (χ0v) is 17.7. The fourth-order valence-electron chi connectivity index (χ4n) is 3.91. The minimum atomic E-state index is -0.199. The van der Waals surface area contributed by atoms with E-state index in [1.165, 1.54) is 0 Å². The molecule has 2 rings (SSSR count). The molecule has 1 atom stereocenters. The molecule has 4 N–H and O–H groups in total. The molecule has 154 valence electrons. The van der Waals surface area contributed by atoms with E-state index in [-0.39, 0.29) is 36.5 Å². The zero-order valence-electron chi connectivity index (χ0n) is 17.7. The standard InChI is InChI=1S/C24H34O4/c1-14(2)17(5)22(20-12-18(6-8-25)10-15(3)23(20)27)21-13-19(7-9-26)11-16(4)24(21)28/h10-14,17,22,25-28H,6-9H2,1-5H3. The van der Waals surface area contributed by atoms with E-state index in [2.05, 4.69) is 20.8 Å². The van der Waals surface area contributed by atoms with Crippen molar-refractivity contribution in [3.8, 4) is 11.5 Å². The van der Waals surface area contributed by atoms with Gasteiger partial charge in [0.05, 0.1) is 0 Å². The van der Waals surface area contributed by atoms with Gasteiger partial charge in [-0.15, -0.1) is 0 Å². The van der Waals surface area contributed by atoms with Crippen LogP contribution < -0.4 is 0 Å². The summed E-state index contributed by atoms with van der Waals surface area (Å²) in [7, 11) is 0. The summed E-state index contributed by atoms with van der Waals surface area (Å²) >= 11 is 0. The van der Waals surface area contributed by atoms with E-state index in [1.807, 2.05) is 38.1 Å². The SMILES string of the molecule is Cc1cc(CCO)cc(C(c2cc(CCO)cc(C)c2O)C(C)C(C)C)c1O. The van der Waals surface area contributed by atoms with Crippen molar-refractivity contribution in [2.24, 2.45) is 11.8 Å². The van der Waals surface area contributed by atoms with E-state index in [1.54, 1.807) is 0 Å². The highest BCUT2D eigenvalue weighted by atomic mass is 16.3. The van der Waals surface area contributed by atoms with E-state index in [0.29, 0.717) is 18.8 Å². The molecule has 0 saturated carbocycles. The monoisotopic (exact) mass is 386 g/mol. The average molecular weight is 387 g/mol. The van der Waals surface area contributed by atoms with Gasteiger partial charge >= 0.3 is 0 Å². The number of aliphatic hydroxyl groups excluding tert-OH is 2. The normalized spacial score (nSPS) is 12.8. The number of aliphatic hydroxyl groups is 2. The lowest BCUT2D eigenvalue weighted by atomic mass is 9.74. The minimum absolute atomic E-state index is 0.0460. The second kappa shape index (κ2) is 9.44. The van der Waals surface area contributed by atoms with E-state index >= 15 is 0 Å². The molecule has 28 heavy (non-hydrogen) atoms. The first-order valence-corrected chi connectivity index (χ1v) is 10.1. The van der Waals surface area contributed by atoms with Gasteiger partial charge in [0, 0.05) is 30.3 Å². The van der Waals surface area contributed by atoms with Gasteiger partial charge in [-0.1, -0.05) is 45.0 Å². The first kappa shape index (κ1) is 22.3. The van der Waals surface area contributed by atoms with Gasteiger partial charge in [-0.05, 0) is 60.8 Å². The Balaban J connectivity index is 2.75. The molecule has 4 heteroatoms. The fourth-order valence-corrected chi connectivity index (χ4v) is 3.91. The van der Waals surface area contributed by atoms with Crippen LogP contribution in [-0.2, 0) is 12.8 Å². The van der Waals surface area contributed by atoms with Gasteiger partial charge in [0.1, 0.15) is 11.5 Å². The summed E-state index contributed by atoms with van der Waals surface area (Å²) < 4.78 is 0. The van der Waals surface area contributed by atoms with Gasteiger partial charge in [-0.25, -0.2) is 0 Å². The van der Waals surface area contributed by atoms with Gasteiger partial charge in [-0.2, -0.15) is 0 Å². The Bertz CT molecular complexity index is 749. The zero-order chi connectivity index (χ0) is 21.0. The van der Waals surface area contributed by atoms with E-state index in [0.717, 1.165) is 33.4 Å². The Morgan fingerprint density at radius 3 is 1.43 bits per heavy atom. The lowest BCUT2D eigenvalue weighted by Crippen LogP contribution is -2.18. The van der Waals surface area contributed by atoms with E-state index in [4.69, 9.17) is 0 Å². The van der Waals surface area contributed by atoms with Crippen molar-refractivity contribution in [1.29, 1.82) is 0 Å². The summed E-state index contributed by atoms with van der Waals surface area (Å²) in [5, 5.41) is 40.5. The molecule has 0 radical (unpaired) electrons. The number of aromatic hydroxyl groups is 2. The lowest BCUT2D eigenvalue weighted by molar-refractivity contribution is 0.299. The largest absolute Gasteiger partial charge is 0.507 e. The minimum Gasteiger partial charge on any atom is -0.507 e. The second-order valence-electron chi connectivity index (χ2n) is 8.23. The van der Waals surface area contributed by atoms with Crippen LogP contribution >= 0.6 is 0 Å². The number of rotatable bonds is 8. The Morgan fingerprint density at radius 1 is 0.714 bits per heavy atom. The first-order chi connectivity index (χ1) is 13.2. The first-order valence-electron chi connectivity index (χ1n) is 10.1. The van der Waals surface area contributed by atoms with Gasteiger partial charge in [0.2, 0.25) is 0 Å². The van der Waals surface area contributed by atoms with Gasteiger partial charge < -0.3 is 20.4 Å². The van der Waals surface area contributed by atoms with Gasteiger partial charge in [0.15, 0.2) is 0 Å². The summed E-state index contributed by atoms with van der Waals surface area (Å²) in [6.07, 6.45) is 1.04. The molecule has 0 aromatic heterocycles. The maximum Gasteiger partial charge on any atom is 0.122 e. The smallest absolute Gasteiger partial charge is 0.122 e. The Kier molecular flexibility index (Phi) is 7.50. The summed E-state index contributed by atoms with van der Waals surface area (Å²) in [6, 6.07) is 7.71. The molecule has 0 bridgehead atoms. The van der Waals surface area contributed by atoms with Crippen molar-refractivity contribution in [3.05, 3.63) is 57.6 Å². The highest BCUT2D eigenvalue weighted by Gasteiger charge is 2.30. The van der Waals surface area contributed by atoms with Crippen LogP contribution in [-0.4, -0.2) is 33.6 Å². The maximum atomic E-state index is 10.9. The highest BCUT2D eigenvalue weighted by molar-refractivity contribution is 5.54.